The van der Waals surface area contributed by atoms with Crippen LogP contribution in [-0.2, 0) is 7.05 Å². The van der Waals surface area contributed by atoms with Crippen LogP contribution in [0, 0.1) is 5.82 Å². The van der Waals surface area contributed by atoms with Gasteiger partial charge in [-0.2, -0.15) is 0 Å². The first-order valence-electron chi connectivity index (χ1n) is 8.18. The summed E-state index contributed by atoms with van der Waals surface area (Å²) in [7, 11) is 3.50. The normalized spacial score (nSPS) is 14.8. The number of likely N-dealkylation sites (N-methyl/N-ethyl adjacent to an activating group) is 1. The molecule has 0 atom stereocenters. The number of carboxylic acids is 1. The Morgan fingerprint density at radius 2 is 2.08 bits per heavy atom. The van der Waals surface area contributed by atoms with Gasteiger partial charge in [0.25, 0.3) is 0 Å². The molecule has 2 N–H and O–H groups in total. The lowest BCUT2D eigenvalue weighted by Gasteiger charge is -2.41. The molecular weight excluding hydrogens is 339 g/mol. The van der Waals surface area contributed by atoms with Crippen LogP contribution in [0.3, 0.4) is 0 Å². The molecule has 3 heterocycles. The van der Waals surface area contributed by atoms with Crippen LogP contribution in [0.5, 0.6) is 0 Å². The van der Waals surface area contributed by atoms with Crippen molar-refractivity contribution in [1.29, 1.82) is 0 Å². The molecule has 1 aromatic carbocycles. The van der Waals surface area contributed by atoms with Gasteiger partial charge in [0.05, 0.1) is 16.6 Å². The minimum atomic E-state index is -1.30. The van der Waals surface area contributed by atoms with Crippen molar-refractivity contribution < 1.29 is 14.3 Å². The number of aromatic carboxylic acids is 1. The van der Waals surface area contributed by atoms with Crippen LogP contribution in [0.25, 0.3) is 21.9 Å². The third-order valence-corrected chi connectivity index (χ3v) is 4.87. The van der Waals surface area contributed by atoms with E-state index in [4.69, 9.17) is 0 Å². The molecule has 1 fully saturated rings. The predicted molar refractivity (Wildman–Crippen MR) is 96.5 cm³/mol. The summed E-state index contributed by atoms with van der Waals surface area (Å²) in [4.78, 5) is 30.1. The Hall–Kier alpha value is -3.00. The van der Waals surface area contributed by atoms with Gasteiger partial charge < -0.3 is 19.9 Å². The maximum atomic E-state index is 14.5. The molecule has 2 aromatic heterocycles. The molecule has 8 heteroatoms. The highest BCUT2D eigenvalue weighted by Gasteiger charge is 2.27. The Bertz CT molecular complexity index is 1120. The number of fused-ring (bicyclic) bond motifs is 2. The molecule has 0 saturated carbocycles. The van der Waals surface area contributed by atoms with E-state index in [1.54, 1.807) is 13.1 Å². The summed E-state index contributed by atoms with van der Waals surface area (Å²) < 4.78 is 16.0. The van der Waals surface area contributed by atoms with Gasteiger partial charge >= 0.3 is 5.97 Å². The Balaban J connectivity index is 1.91. The van der Waals surface area contributed by atoms with Crippen molar-refractivity contribution in [2.45, 2.75) is 6.04 Å². The molecule has 3 aromatic rings. The summed E-state index contributed by atoms with van der Waals surface area (Å²) in [6.45, 7) is 1.43. The van der Waals surface area contributed by atoms with Crippen molar-refractivity contribution in [2.24, 2.45) is 7.05 Å². The Morgan fingerprint density at radius 3 is 2.73 bits per heavy atom. The van der Waals surface area contributed by atoms with Crippen molar-refractivity contribution in [2.75, 3.05) is 25.0 Å². The van der Waals surface area contributed by atoms with E-state index < -0.39 is 11.4 Å². The summed E-state index contributed by atoms with van der Waals surface area (Å²) in [5, 5.41) is 12.9. The van der Waals surface area contributed by atoms with Crippen LogP contribution in [0.2, 0.25) is 0 Å². The van der Waals surface area contributed by atoms with Crippen molar-refractivity contribution in [3.05, 3.63) is 46.0 Å². The second-order valence-corrected chi connectivity index (χ2v) is 6.53. The fourth-order valence-corrected chi connectivity index (χ4v) is 3.32. The summed E-state index contributed by atoms with van der Waals surface area (Å²) in [5.74, 6) is -1.69. The number of aromatic nitrogens is 2. The maximum absolute atomic E-state index is 14.5. The fourth-order valence-electron chi connectivity index (χ4n) is 3.32. The molecule has 1 aliphatic heterocycles. The maximum Gasteiger partial charge on any atom is 0.341 e. The molecule has 0 unspecified atom stereocenters. The minimum Gasteiger partial charge on any atom is -0.477 e. The van der Waals surface area contributed by atoms with E-state index in [1.165, 1.54) is 22.9 Å². The quantitative estimate of drug-likeness (QED) is 0.689. The average Bonchev–Trinajstić information content (AvgIpc) is 2.56. The molecule has 0 spiro atoms. The van der Waals surface area contributed by atoms with Gasteiger partial charge in [0.15, 0.2) is 0 Å². The van der Waals surface area contributed by atoms with Gasteiger partial charge in [-0.3, -0.25) is 4.79 Å². The van der Waals surface area contributed by atoms with Crippen molar-refractivity contribution >= 4 is 33.6 Å². The summed E-state index contributed by atoms with van der Waals surface area (Å²) in [6, 6.07) is 4.86. The summed E-state index contributed by atoms with van der Waals surface area (Å²) >= 11 is 0. The number of hydrogen-bond acceptors (Lipinski definition) is 5. The van der Waals surface area contributed by atoms with Crippen LogP contribution in [0.4, 0.5) is 10.1 Å². The number of pyridine rings is 2. The van der Waals surface area contributed by atoms with Gasteiger partial charge in [0.2, 0.25) is 5.43 Å². The van der Waals surface area contributed by atoms with Gasteiger partial charge in [0.1, 0.15) is 17.0 Å². The molecule has 1 aliphatic rings. The third kappa shape index (κ3) is 2.41. The molecule has 4 rings (SSSR count). The first-order chi connectivity index (χ1) is 12.4. The third-order valence-electron chi connectivity index (χ3n) is 4.87. The number of nitrogens with one attached hydrogen (secondary N) is 1. The van der Waals surface area contributed by atoms with Crippen molar-refractivity contribution in [3.63, 3.8) is 0 Å². The fraction of sp³-hybridized carbons (Fsp3) is 0.278. The number of benzene rings is 1. The largest absolute Gasteiger partial charge is 0.477 e. The zero-order valence-electron chi connectivity index (χ0n) is 14.3. The molecule has 26 heavy (non-hydrogen) atoms. The second-order valence-electron chi connectivity index (χ2n) is 6.53. The van der Waals surface area contributed by atoms with Gasteiger partial charge in [-0.1, -0.05) is 0 Å². The first kappa shape index (κ1) is 16.5. The van der Waals surface area contributed by atoms with E-state index in [0.717, 1.165) is 0 Å². The van der Waals surface area contributed by atoms with Gasteiger partial charge in [-0.25, -0.2) is 14.2 Å². The number of aryl methyl sites for hydroxylation is 1. The monoisotopic (exact) mass is 356 g/mol. The average molecular weight is 356 g/mol. The van der Waals surface area contributed by atoms with Crippen LogP contribution in [-0.4, -0.2) is 46.8 Å². The van der Waals surface area contributed by atoms with E-state index >= 15 is 0 Å². The molecule has 0 bridgehead atoms. The lowest BCUT2D eigenvalue weighted by atomic mass is 10.1. The molecular formula is C18H17FN4O3. The molecule has 134 valence electrons. The highest BCUT2D eigenvalue weighted by Crippen LogP contribution is 2.29. The van der Waals surface area contributed by atoms with Crippen molar-refractivity contribution in [1.82, 2.24) is 14.9 Å². The second kappa shape index (κ2) is 5.77. The predicted octanol–water partition coefficient (Wildman–Crippen LogP) is 1.33. The standard InChI is InChI=1S/C18H17FN4O3/c1-20-10-6-23(7-10)15-5-14-9(4-13(15)19)3-11-16(24)12(18(25)26)8-22(2)17(11)21-14/h3-5,8,10,20H,6-7H2,1-2H3,(H,25,26). The Kier molecular flexibility index (Phi) is 3.66. The number of rotatable bonds is 3. The van der Waals surface area contributed by atoms with E-state index in [0.29, 0.717) is 41.4 Å². The van der Waals surface area contributed by atoms with Crippen LogP contribution in [0.15, 0.2) is 29.2 Å². The highest BCUT2D eigenvalue weighted by atomic mass is 19.1. The van der Waals surface area contributed by atoms with Crippen LogP contribution in [0.1, 0.15) is 10.4 Å². The van der Waals surface area contributed by atoms with Crippen molar-refractivity contribution in [3.8, 4) is 0 Å². The minimum absolute atomic E-state index is 0.159. The number of carboxylic acid groups (broad SMARTS) is 1. The van der Waals surface area contributed by atoms with E-state index in [2.05, 4.69) is 10.3 Å². The molecule has 0 aliphatic carbocycles. The lowest BCUT2D eigenvalue weighted by molar-refractivity contribution is 0.0695. The molecule has 1 saturated heterocycles. The zero-order valence-corrected chi connectivity index (χ0v) is 14.3. The van der Waals surface area contributed by atoms with E-state index in [1.807, 2.05) is 11.9 Å². The van der Waals surface area contributed by atoms with E-state index in [-0.39, 0.29) is 16.8 Å². The van der Waals surface area contributed by atoms with Gasteiger partial charge in [0, 0.05) is 37.8 Å². The SMILES string of the molecule is CNC1CN(c2cc3nc4c(cc3cc2F)c(=O)c(C(=O)O)cn4C)C1. The summed E-state index contributed by atoms with van der Waals surface area (Å²) in [5.41, 5.74) is 0.436. The van der Waals surface area contributed by atoms with Gasteiger partial charge in [-0.05, 0) is 25.2 Å². The highest BCUT2D eigenvalue weighted by molar-refractivity contribution is 5.96. The smallest absolute Gasteiger partial charge is 0.341 e. The Labute approximate surface area is 147 Å². The topological polar surface area (TPSA) is 87.5 Å². The molecule has 0 amide bonds. The number of carbonyl (C=O) groups is 1. The number of nitrogens with zero attached hydrogens (tertiary/aromatic N) is 3. The zero-order chi connectivity index (χ0) is 18.6. The lowest BCUT2D eigenvalue weighted by Crippen LogP contribution is -2.57. The Morgan fingerprint density at radius 1 is 1.35 bits per heavy atom. The first-order valence-corrected chi connectivity index (χ1v) is 8.18. The van der Waals surface area contributed by atoms with Crippen LogP contribution >= 0.6 is 0 Å². The van der Waals surface area contributed by atoms with Crippen LogP contribution < -0.4 is 15.6 Å². The molecule has 7 nitrogen and oxygen atoms in total. The summed E-state index contributed by atoms with van der Waals surface area (Å²) in [6.07, 6.45) is 1.25. The number of halogens is 1. The number of hydrogen-bond donors (Lipinski definition) is 2. The van der Waals surface area contributed by atoms with E-state index in [9.17, 15) is 19.1 Å². The number of anilines is 1. The molecule has 0 radical (unpaired) electrons. The van der Waals surface area contributed by atoms with Gasteiger partial charge in [-0.15, -0.1) is 0 Å².